The molecule has 12 aromatic rings. The van der Waals surface area contributed by atoms with Crippen molar-refractivity contribution in [2.45, 2.75) is 143 Å². The molecule has 0 saturated carbocycles. The van der Waals surface area contributed by atoms with Crippen molar-refractivity contribution in [1.29, 1.82) is 10.5 Å². The second kappa shape index (κ2) is 31.4. The molecule has 100 heavy (non-hydrogen) atoms. The molecule has 4 aromatic heterocycles. The van der Waals surface area contributed by atoms with Crippen LogP contribution >= 0.6 is 0 Å². The molecule has 4 heterocycles. The van der Waals surface area contributed by atoms with Gasteiger partial charge in [-0.1, -0.05) is 311 Å². The van der Waals surface area contributed by atoms with Crippen LogP contribution in [0.4, 0.5) is 11.4 Å². The van der Waals surface area contributed by atoms with Gasteiger partial charge in [0.2, 0.25) is 0 Å². The van der Waals surface area contributed by atoms with Gasteiger partial charge in [0.1, 0.15) is 23.3 Å². The van der Waals surface area contributed by atoms with Gasteiger partial charge in [0.25, 0.3) is 0 Å². The van der Waals surface area contributed by atoms with Crippen molar-refractivity contribution in [2.24, 2.45) is 0 Å². The Bertz CT molecular complexity index is 4600. The molecule has 0 atom stereocenters. The minimum atomic E-state index is -0.527. The molecule has 10 heteroatoms. The van der Waals surface area contributed by atoms with Gasteiger partial charge in [0.05, 0.1) is 33.1 Å². The maximum atomic E-state index is 12.8. The first-order chi connectivity index (χ1) is 48.6. The van der Waals surface area contributed by atoms with Crippen LogP contribution in [-0.2, 0) is 10.8 Å². The van der Waals surface area contributed by atoms with Crippen molar-refractivity contribution in [2.75, 3.05) is 37.0 Å². The summed E-state index contributed by atoms with van der Waals surface area (Å²) in [4.78, 5) is 15.9. The number of hydrogen-bond acceptors (Lipinski definition) is 6. The molecule has 0 bridgehead atoms. The van der Waals surface area contributed by atoms with E-state index in [2.05, 4.69) is 319 Å². The van der Waals surface area contributed by atoms with Gasteiger partial charge >= 0.3 is 13.7 Å². The van der Waals surface area contributed by atoms with Gasteiger partial charge in [-0.25, -0.2) is 9.97 Å². The second-order valence-electron chi connectivity index (χ2n) is 29.5. The molecule has 0 aliphatic heterocycles. The van der Waals surface area contributed by atoms with Crippen molar-refractivity contribution in [3.8, 4) is 34.7 Å². The molecule has 502 valence electrons. The summed E-state index contributed by atoms with van der Waals surface area (Å²) in [6, 6.07) is 88.4. The van der Waals surface area contributed by atoms with Crippen LogP contribution in [0.25, 0.3) is 66.2 Å². The first kappa shape index (κ1) is 69.7. The molecule has 0 unspecified atom stereocenters. The summed E-state index contributed by atoms with van der Waals surface area (Å²) >= 11 is 0. The molecule has 0 aliphatic rings. The molecular formula is C90H96B2N8. The van der Waals surface area contributed by atoms with E-state index in [9.17, 15) is 10.5 Å². The zero-order chi connectivity index (χ0) is 69.9. The molecule has 0 spiro atoms. The summed E-state index contributed by atoms with van der Waals surface area (Å²) in [6.45, 7) is 18.8. The molecule has 0 radical (unpaired) electrons. The molecule has 0 amide bonds. The van der Waals surface area contributed by atoms with Gasteiger partial charge in [-0.3, -0.25) is 0 Å². The van der Waals surface area contributed by atoms with Crippen molar-refractivity contribution in [1.82, 2.24) is 18.9 Å². The molecule has 8 nitrogen and oxygen atoms in total. The van der Waals surface area contributed by atoms with Crippen molar-refractivity contribution in [3.05, 3.63) is 264 Å². The van der Waals surface area contributed by atoms with Gasteiger partial charge in [0.15, 0.2) is 0 Å². The third-order valence-electron chi connectivity index (χ3n) is 20.3. The van der Waals surface area contributed by atoms with Crippen LogP contribution in [0.15, 0.2) is 231 Å². The molecular weight excluding hydrogens is 1210 g/mol. The lowest BCUT2D eigenvalue weighted by Gasteiger charge is -2.25. The standard InChI is InChI=1S/C90H96B2N8/c1-11-13-15-17-19-33-59-97(9)75-51-43-65(44-52-75)85-83-84(88(99(85)91(71-35-25-21-26-36-71)72-37-27-22-28-38-72)78(64-94)82-56-48-68-62-70(90(6,7)8)50-58-80(68)96-82)86(66-45-53-76(54-46-66)98(10)60-34-20-18-16-14-12-2)100(92(73-39-29-23-30-40-73)74-41-31-24-32-42-74)87(83)77(63-93)81-55-47-67-61-69(89(3,4)5)49-57-79(67)95-81/h21-32,35-58,61-62H,11-20,33-34,59-60H2,1-10H3/b87-77-,88-78+. The second-order valence-corrected chi connectivity index (χ2v) is 29.5. The Kier molecular flexibility index (Phi) is 21.9. The number of benzene rings is 8. The Balaban J connectivity index is 1.32. The fourth-order valence-corrected chi connectivity index (χ4v) is 14.7. The highest BCUT2D eigenvalue weighted by molar-refractivity contribution is 6.85. The zero-order valence-corrected chi connectivity index (χ0v) is 60.6. The van der Waals surface area contributed by atoms with Crippen LogP contribution in [0.5, 0.6) is 0 Å². The Labute approximate surface area is 595 Å². The molecule has 0 fully saturated rings. The van der Waals surface area contributed by atoms with E-state index in [4.69, 9.17) is 9.97 Å². The monoisotopic (exact) mass is 1310 g/mol. The Morgan fingerprint density at radius 1 is 0.390 bits per heavy atom. The van der Waals surface area contributed by atoms with E-state index in [1.54, 1.807) is 0 Å². The predicted molar refractivity (Wildman–Crippen MR) is 427 cm³/mol. The average molecular weight is 1310 g/mol. The smallest absolute Gasteiger partial charge is 0.328 e. The maximum Gasteiger partial charge on any atom is 0.328 e. The molecule has 12 rings (SSSR count). The van der Waals surface area contributed by atoms with E-state index in [-0.39, 0.29) is 10.8 Å². The Morgan fingerprint density at radius 2 is 0.710 bits per heavy atom. The Hall–Kier alpha value is -10.2. The topological polar surface area (TPSA) is 89.7 Å². The van der Waals surface area contributed by atoms with E-state index < -0.39 is 13.7 Å². The van der Waals surface area contributed by atoms with Gasteiger partial charge < -0.3 is 18.8 Å². The van der Waals surface area contributed by atoms with Gasteiger partial charge in [-0.2, -0.15) is 10.5 Å². The zero-order valence-electron chi connectivity index (χ0n) is 60.6. The normalized spacial score (nSPS) is 12.4. The fourth-order valence-electron chi connectivity index (χ4n) is 14.7. The van der Waals surface area contributed by atoms with Gasteiger partial charge in [-0.15, -0.1) is 0 Å². The summed E-state index contributed by atoms with van der Waals surface area (Å²) < 4.78 is 4.91. The van der Waals surface area contributed by atoms with Crippen LogP contribution in [-0.4, -0.2) is 59.8 Å². The number of fused-ring (bicyclic) bond motifs is 3. The largest absolute Gasteiger partial charge is 0.375 e. The van der Waals surface area contributed by atoms with Crippen molar-refractivity contribution < 1.29 is 0 Å². The number of aromatic nitrogens is 4. The van der Waals surface area contributed by atoms with E-state index in [1.807, 2.05) is 12.1 Å². The number of anilines is 2. The molecule has 0 saturated heterocycles. The van der Waals surface area contributed by atoms with Crippen LogP contribution in [0.1, 0.15) is 155 Å². The first-order valence-electron chi connectivity index (χ1n) is 36.6. The fraction of sp³-hybridized carbons (Fsp3) is 0.289. The van der Waals surface area contributed by atoms with E-state index in [1.165, 1.54) is 75.3 Å². The SMILES string of the molecule is CCCCCCCCN(C)c1ccc(-c2c3/c(=C(\C#N)c4ccc5cc(C(C)(C)C)ccc5n4)n(B(c4ccccc4)c4ccccc4)c(-c4ccc(N(C)CCCCCCCC)cc4)c3/c(=C(/C#N)c3ccc4cc(C(C)(C)C)ccc4n3)n2B(c2ccccc2)c2ccccc2)cc1. The number of unbranched alkanes of at least 4 members (excludes halogenated alkanes) is 10. The lowest BCUT2D eigenvalue weighted by atomic mass is 9.50. The highest BCUT2D eigenvalue weighted by atomic mass is 15.1. The summed E-state index contributed by atoms with van der Waals surface area (Å²) in [5.74, 6) is 0. The van der Waals surface area contributed by atoms with Gasteiger partial charge in [0, 0.05) is 71.5 Å². The summed E-state index contributed by atoms with van der Waals surface area (Å²) in [6.07, 6.45) is 14.6. The Morgan fingerprint density at radius 3 is 1.02 bits per heavy atom. The number of nitrogens with zero attached hydrogens (tertiary/aromatic N) is 8. The third kappa shape index (κ3) is 15.0. The predicted octanol–water partition coefficient (Wildman–Crippen LogP) is 17.8. The molecule has 0 aliphatic carbocycles. The highest BCUT2D eigenvalue weighted by Gasteiger charge is 2.38. The van der Waals surface area contributed by atoms with Crippen LogP contribution in [0, 0.1) is 22.7 Å². The van der Waals surface area contributed by atoms with Crippen LogP contribution < -0.4 is 42.3 Å². The lowest BCUT2D eigenvalue weighted by Crippen LogP contribution is -2.54. The van der Waals surface area contributed by atoms with Crippen molar-refractivity contribution in [3.63, 3.8) is 0 Å². The van der Waals surface area contributed by atoms with Gasteiger partial charge in [-0.05, 0) is 107 Å². The van der Waals surface area contributed by atoms with Crippen LogP contribution in [0.3, 0.4) is 0 Å². The maximum absolute atomic E-state index is 12.8. The van der Waals surface area contributed by atoms with E-state index >= 15 is 0 Å². The molecule has 8 aromatic carbocycles. The minimum absolute atomic E-state index is 0.0946. The highest BCUT2D eigenvalue weighted by Crippen LogP contribution is 2.39. The summed E-state index contributed by atoms with van der Waals surface area (Å²) in [7, 11) is 4.42. The van der Waals surface area contributed by atoms with Crippen molar-refractivity contribution >= 4 is 90.6 Å². The summed E-state index contributed by atoms with van der Waals surface area (Å²) in [5.41, 5.74) is 15.6. The quantitative estimate of drug-likeness (QED) is 0.0396. The van der Waals surface area contributed by atoms with E-state index in [0.717, 1.165) is 114 Å². The third-order valence-corrected chi connectivity index (χ3v) is 20.3. The summed E-state index contributed by atoms with van der Waals surface area (Å²) in [5, 5.41) is 30.6. The molecule has 0 N–H and O–H groups in total. The number of nitriles is 2. The van der Waals surface area contributed by atoms with E-state index in [0.29, 0.717) is 33.2 Å². The number of rotatable bonds is 26. The number of hydrogen-bond donors (Lipinski definition) is 0. The lowest BCUT2D eigenvalue weighted by molar-refractivity contribution is 0.591. The van der Waals surface area contributed by atoms with Crippen LogP contribution in [0.2, 0.25) is 0 Å². The first-order valence-corrected chi connectivity index (χ1v) is 36.6. The minimum Gasteiger partial charge on any atom is -0.375 e. The number of pyridine rings is 2. The average Bonchev–Trinajstić information content (AvgIpc) is 1.52.